The van der Waals surface area contributed by atoms with Gasteiger partial charge in [0.05, 0.1) is 12.5 Å². The van der Waals surface area contributed by atoms with Gasteiger partial charge in [-0.2, -0.15) is 4.98 Å². The van der Waals surface area contributed by atoms with E-state index in [1.54, 1.807) is 12.1 Å². The first kappa shape index (κ1) is 21.2. The zero-order valence-electron chi connectivity index (χ0n) is 18.1. The standard InChI is InChI=1S/C24H27FN4O2/c1-15-11-16(2)22(17(3)12-15)27-24(30)19-5-4-10-29(13-19)14-21-26-23(28-31-21)18-6-8-20(25)9-7-18/h6-9,11-12,19H,4-5,10,13-14H2,1-3H3,(H,27,30). The summed E-state index contributed by atoms with van der Waals surface area (Å²) in [6, 6.07) is 10.2. The Balaban J connectivity index is 1.39. The molecule has 1 aliphatic rings. The third-order valence-corrected chi connectivity index (χ3v) is 5.73. The molecule has 1 amide bonds. The maximum atomic E-state index is 13.1. The minimum absolute atomic E-state index is 0.0530. The lowest BCUT2D eigenvalue weighted by atomic mass is 9.96. The summed E-state index contributed by atoms with van der Waals surface area (Å²) >= 11 is 0. The lowest BCUT2D eigenvalue weighted by molar-refractivity contribution is -0.121. The highest BCUT2D eigenvalue weighted by Crippen LogP contribution is 2.25. The number of amides is 1. The van der Waals surface area contributed by atoms with Crippen LogP contribution in [0, 0.1) is 32.5 Å². The maximum absolute atomic E-state index is 13.1. The zero-order valence-corrected chi connectivity index (χ0v) is 18.1. The minimum atomic E-state index is -0.305. The SMILES string of the molecule is Cc1cc(C)c(NC(=O)C2CCCN(Cc3nc(-c4ccc(F)cc4)no3)C2)c(C)c1. The highest BCUT2D eigenvalue weighted by molar-refractivity contribution is 5.94. The topological polar surface area (TPSA) is 71.3 Å². The van der Waals surface area contributed by atoms with Crippen molar-refractivity contribution in [3.8, 4) is 11.4 Å². The van der Waals surface area contributed by atoms with Crippen LogP contribution in [-0.4, -0.2) is 34.0 Å². The number of carbonyl (C=O) groups excluding carboxylic acids is 1. The van der Waals surface area contributed by atoms with Crippen molar-refractivity contribution in [2.24, 2.45) is 5.92 Å². The van der Waals surface area contributed by atoms with Gasteiger partial charge in [0.1, 0.15) is 5.82 Å². The highest BCUT2D eigenvalue weighted by atomic mass is 19.1. The summed E-state index contributed by atoms with van der Waals surface area (Å²) in [7, 11) is 0. The van der Waals surface area contributed by atoms with Crippen LogP contribution in [0.15, 0.2) is 40.9 Å². The predicted molar refractivity (Wildman–Crippen MR) is 117 cm³/mol. The lowest BCUT2D eigenvalue weighted by Gasteiger charge is -2.31. The first-order chi connectivity index (χ1) is 14.9. The second-order valence-corrected chi connectivity index (χ2v) is 8.36. The third-order valence-electron chi connectivity index (χ3n) is 5.73. The van der Waals surface area contributed by atoms with Crippen LogP contribution in [0.5, 0.6) is 0 Å². The van der Waals surface area contributed by atoms with Crippen LogP contribution in [0.3, 0.4) is 0 Å². The van der Waals surface area contributed by atoms with E-state index in [9.17, 15) is 9.18 Å². The van der Waals surface area contributed by atoms with Gasteiger partial charge in [0.25, 0.3) is 0 Å². The lowest BCUT2D eigenvalue weighted by Crippen LogP contribution is -2.40. The number of nitrogens with zero attached hydrogens (tertiary/aromatic N) is 3. The van der Waals surface area contributed by atoms with E-state index in [4.69, 9.17) is 4.52 Å². The monoisotopic (exact) mass is 422 g/mol. The van der Waals surface area contributed by atoms with E-state index in [0.29, 0.717) is 30.4 Å². The molecular weight excluding hydrogens is 395 g/mol. The van der Waals surface area contributed by atoms with Crippen molar-refractivity contribution in [2.75, 3.05) is 18.4 Å². The summed E-state index contributed by atoms with van der Waals surface area (Å²) in [5, 5.41) is 7.15. The number of hydrogen-bond acceptors (Lipinski definition) is 5. The average molecular weight is 423 g/mol. The average Bonchev–Trinajstić information content (AvgIpc) is 3.19. The van der Waals surface area contributed by atoms with Crippen LogP contribution in [0.25, 0.3) is 11.4 Å². The van der Waals surface area contributed by atoms with Gasteiger partial charge in [-0.15, -0.1) is 0 Å². The molecule has 0 aliphatic carbocycles. The first-order valence-corrected chi connectivity index (χ1v) is 10.6. The molecule has 0 spiro atoms. The Labute approximate surface area is 181 Å². The molecule has 1 aliphatic heterocycles. The second kappa shape index (κ2) is 8.98. The molecule has 2 aromatic carbocycles. The molecule has 0 radical (unpaired) electrons. The van der Waals surface area contributed by atoms with Crippen LogP contribution in [0.1, 0.15) is 35.4 Å². The molecule has 31 heavy (non-hydrogen) atoms. The summed E-state index contributed by atoms with van der Waals surface area (Å²) < 4.78 is 18.5. The number of aromatic nitrogens is 2. The predicted octanol–water partition coefficient (Wildman–Crippen LogP) is 4.65. The number of likely N-dealkylation sites (tertiary alicyclic amines) is 1. The molecule has 6 nitrogen and oxygen atoms in total. The van der Waals surface area contributed by atoms with Gasteiger partial charge in [-0.25, -0.2) is 4.39 Å². The number of anilines is 1. The molecule has 3 aromatic rings. The van der Waals surface area contributed by atoms with Gasteiger partial charge < -0.3 is 9.84 Å². The van der Waals surface area contributed by atoms with Gasteiger partial charge in [0.2, 0.25) is 17.6 Å². The van der Waals surface area contributed by atoms with Crippen molar-refractivity contribution in [3.63, 3.8) is 0 Å². The number of rotatable bonds is 5. The van der Waals surface area contributed by atoms with Crippen LogP contribution >= 0.6 is 0 Å². The zero-order chi connectivity index (χ0) is 22.0. The Morgan fingerprint density at radius 3 is 2.61 bits per heavy atom. The van der Waals surface area contributed by atoms with Gasteiger partial charge in [0, 0.05) is 17.8 Å². The van der Waals surface area contributed by atoms with Crippen LogP contribution in [-0.2, 0) is 11.3 Å². The minimum Gasteiger partial charge on any atom is -0.338 e. The van der Waals surface area contributed by atoms with Crippen LogP contribution in [0.4, 0.5) is 10.1 Å². The summed E-state index contributed by atoms with van der Waals surface area (Å²) in [6.45, 7) is 8.11. The van der Waals surface area contributed by atoms with E-state index in [-0.39, 0.29) is 17.6 Å². The van der Waals surface area contributed by atoms with Gasteiger partial charge in [0.15, 0.2) is 0 Å². The number of hydrogen-bond donors (Lipinski definition) is 1. The molecule has 1 unspecified atom stereocenters. The number of benzene rings is 2. The molecule has 1 saturated heterocycles. The Bertz CT molecular complexity index is 1050. The molecular formula is C24H27FN4O2. The molecule has 1 fully saturated rings. The summed E-state index contributed by atoms with van der Waals surface area (Å²) in [4.78, 5) is 19.6. The third kappa shape index (κ3) is 4.99. The van der Waals surface area contributed by atoms with E-state index in [1.165, 1.54) is 17.7 Å². The van der Waals surface area contributed by atoms with E-state index < -0.39 is 0 Å². The highest BCUT2D eigenvalue weighted by Gasteiger charge is 2.27. The van der Waals surface area contributed by atoms with Crippen molar-refractivity contribution < 1.29 is 13.7 Å². The summed E-state index contributed by atoms with van der Waals surface area (Å²) in [5.41, 5.74) is 4.97. The number of halogens is 1. The number of nitrogens with one attached hydrogen (secondary N) is 1. The van der Waals surface area contributed by atoms with Crippen molar-refractivity contribution in [1.29, 1.82) is 0 Å². The Kier molecular flexibility index (Phi) is 6.13. The van der Waals surface area contributed by atoms with Gasteiger partial charge in [-0.3, -0.25) is 9.69 Å². The van der Waals surface area contributed by atoms with Crippen molar-refractivity contribution in [1.82, 2.24) is 15.0 Å². The number of carbonyl (C=O) groups is 1. The Morgan fingerprint density at radius 1 is 1.19 bits per heavy atom. The van der Waals surface area contributed by atoms with Crippen molar-refractivity contribution in [3.05, 3.63) is 64.8 Å². The van der Waals surface area contributed by atoms with Gasteiger partial charge in [-0.1, -0.05) is 22.9 Å². The molecule has 0 saturated carbocycles. The summed E-state index contributed by atoms with van der Waals surface area (Å²) in [5.74, 6) is 0.587. The molecule has 0 bridgehead atoms. The van der Waals surface area contributed by atoms with Crippen LogP contribution < -0.4 is 5.32 Å². The second-order valence-electron chi connectivity index (χ2n) is 8.36. The fraction of sp³-hybridized carbons (Fsp3) is 0.375. The Hall–Kier alpha value is -3.06. The van der Waals surface area contributed by atoms with Gasteiger partial charge >= 0.3 is 0 Å². The molecule has 4 rings (SSSR count). The fourth-order valence-corrected chi connectivity index (χ4v) is 4.24. The maximum Gasteiger partial charge on any atom is 0.241 e. The van der Waals surface area contributed by atoms with E-state index in [2.05, 4.69) is 39.4 Å². The smallest absolute Gasteiger partial charge is 0.241 e. The Morgan fingerprint density at radius 2 is 1.90 bits per heavy atom. The summed E-state index contributed by atoms with van der Waals surface area (Å²) in [6.07, 6.45) is 1.79. The molecule has 2 heterocycles. The normalized spacial score (nSPS) is 17.0. The van der Waals surface area contributed by atoms with Gasteiger partial charge in [-0.05, 0) is 75.5 Å². The number of piperidine rings is 1. The molecule has 1 atom stereocenters. The van der Waals surface area contributed by atoms with Crippen molar-refractivity contribution in [2.45, 2.75) is 40.2 Å². The molecule has 1 N–H and O–H groups in total. The van der Waals surface area contributed by atoms with E-state index >= 15 is 0 Å². The quantitative estimate of drug-likeness (QED) is 0.648. The number of aryl methyl sites for hydroxylation is 3. The van der Waals surface area contributed by atoms with Crippen molar-refractivity contribution >= 4 is 11.6 Å². The van der Waals surface area contributed by atoms with E-state index in [0.717, 1.165) is 36.2 Å². The fourth-order valence-electron chi connectivity index (χ4n) is 4.24. The molecule has 7 heteroatoms. The first-order valence-electron chi connectivity index (χ1n) is 10.6. The molecule has 1 aromatic heterocycles. The molecule has 162 valence electrons. The van der Waals surface area contributed by atoms with Crippen LogP contribution in [0.2, 0.25) is 0 Å². The van der Waals surface area contributed by atoms with E-state index in [1.807, 2.05) is 13.8 Å². The largest absolute Gasteiger partial charge is 0.338 e.